The second kappa shape index (κ2) is 7.90. The fourth-order valence-electron chi connectivity index (χ4n) is 4.01. The van der Waals surface area contributed by atoms with E-state index in [1.165, 1.54) is 23.9 Å². The number of fused-ring (bicyclic) bond motifs is 1. The molecule has 3 aromatic heterocycles. The fraction of sp³-hybridized carbons (Fsp3) is 0.500. The van der Waals surface area contributed by atoms with E-state index in [9.17, 15) is 10.1 Å². The van der Waals surface area contributed by atoms with Crippen LogP contribution >= 0.6 is 0 Å². The van der Waals surface area contributed by atoms with E-state index in [-0.39, 0.29) is 12.0 Å². The summed E-state index contributed by atoms with van der Waals surface area (Å²) in [6.07, 6.45) is 12.0. The molecule has 1 aliphatic rings. The fourth-order valence-corrected chi connectivity index (χ4v) is 4.01. The Morgan fingerprint density at radius 1 is 1.33 bits per heavy atom. The van der Waals surface area contributed by atoms with Gasteiger partial charge >= 0.3 is 5.97 Å². The average molecular weight is 406 g/mol. The molecular weight excluding hydrogens is 380 g/mol. The minimum absolute atomic E-state index is 0.0842. The Bertz CT molecular complexity index is 1090. The van der Waals surface area contributed by atoms with Crippen LogP contribution < -0.4 is 4.84 Å². The smallest absolute Gasteiger partial charge is 0.334 e. The van der Waals surface area contributed by atoms with Crippen LogP contribution in [0.4, 0.5) is 0 Å². The minimum atomic E-state index is -0.621. The molecule has 0 amide bonds. The van der Waals surface area contributed by atoms with Gasteiger partial charge in [-0.25, -0.2) is 14.8 Å². The van der Waals surface area contributed by atoms with Crippen LogP contribution in [-0.2, 0) is 4.79 Å². The van der Waals surface area contributed by atoms with Gasteiger partial charge in [0.25, 0.3) is 0 Å². The normalized spacial score (nSPS) is 15.9. The molecule has 0 unspecified atom stereocenters. The van der Waals surface area contributed by atoms with Crippen molar-refractivity contribution in [3.8, 4) is 17.3 Å². The van der Waals surface area contributed by atoms with Crippen molar-refractivity contribution >= 4 is 17.0 Å². The number of nitriles is 1. The third-order valence-electron chi connectivity index (χ3n) is 5.70. The number of nitrogens with zero attached hydrogens (tertiary/aromatic N) is 6. The van der Waals surface area contributed by atoms with Gasteiger partial charge in [-0.2, -0.15) is 15.1 Å². The summed E-state index contributed by atoms with van der Waals surface area (Å²) in [5.41, 5.74) is 1.47. The number of carbonyl (C=O) groups excluding carboxylic acids is 1. The lowest BCUT2D eigenvalue weighted by atomic mass is 9.96. The Kier molecular flexibility index (Phi) is 5.29. The summed E-state index contributed by atoms with van der Waals surface area (Å²) in [5, 5.41) is 14.6. The highest BCUT2D eigenvalue weighted by atomic mass is 16.7. The lowest BCUT2D eigenvalue weighted by Crippen LogP contribution is -2.31. The average Bonchev–Trinajstić information content (AvgIpc) is 3.46. The van der Waals surface area contributed by atoms with Crippen LogP contribution in [0.1, 0.15) is 58.9 Å². The van der Waals surface area contributed by atoms with Crippen molar-refractivity contribution in [3.63, 3.8) is 0 Å². The van der Waals surface area contributed by atoms with E-state index in [1.54, 1.807) is 33.2 Å². The molecule has 1 aliphatic carbocycles. The summed E-state index contributed by atoms with van der Waals surface area (Å²) in [6, 6.07) is 4.24. The van der Waals surface area contributed by atoms with E-state index in [2.05, 4.69) is 21.1 Å². The van der Waals surface area contributed by atoms with E-state index in [4.69, 9.17) is 4.84 Å². The summed E-state index contributed by atoms with van der Waals surface area (Å²) in [6.45, 7) is 5.41. The molecule has 0 spiro atoms. The van der Waals surface area contributed by atoms with Crippen LogP contribution in [0.3, 0.4) is 0 Å². The Hall–Kier alpha value is -3.21. The van der Waals surface area contributed by atoms with Gasteiger partial charge in [-0.1, -0.05) is 12.8 Å². The molecule has 0 N–H and O–H groups in total. The molecule has 1 fully saturated rings. The molecule has 0 bridgehead atoms. The number of aromatic nitrogens is 5. The maximum absolute atomic E-state index is 12.3. The van der Waals surface area contributed by atoms with Crippen LogP contribution in [-0.4, -0.2) is 30.4 Å². The van der Waals surface area contributed by atoms with Gasteiger partial charge in [0.1, 0.15) is 6.33 Å². The van der Waals surface area contributed by atoms with Gasteiger partial charge in [-0.15, -0.1) is 0 Å². The molecule has 0 saturated heterocycles. The predicted octanol–water partition coefficient (Wildman–Crippen LogP) is 3.94. The predicted molar refractivity (Wildman–Crippen MR) is 111 cm³/mol. The largest absolute Gasteiger partial charge is 0.338 e. The van der Waals surface area contributed by atoms with Crippen molar-refractivity contribution in [1.29, 1.82) is 5.26 Å². The van der Waals surface area contributed by atoms with Gasteiger partial charge in [-0.05, 0) is 45.6 Å². The zero-order valence-corrected chi connectivity index (χ0v) is 17.6. The zero-order chi connectivity index (χ0) is 21.3. The second-order valence-electron chi connectivity index (χ2n) is 8.91. The monoisotopic (exact) mass is 406 g/mol. The third-order valence-corrected chi connectivity index (χ3v) is 5.70. The maximum Gasteiger partial charge on any atom is 0.338 e. The third kappa shape index (κ3) is 3.80. The van der Waals surface area contributed by atoms with E-state index < -0.39 is 5.41 Å². The number of carbonyl (C=O) groups is 1. The Morgan fingerprint density at radius 2 is 2.10 bits per heavy atom. The molecule has 1 atom stereocenters. The van der Waals surface area contributed by atoms with Gasteiger partial charge in [0, 0.05) is 23.3 Å². The molecule has 8 heteroatoms. The summed E-state index contributed by atoms with van der Waals surface area (Å²) >= 11 is 0. The quantitative estimate of drug-likeness (QED) is 0.636. The van der Waals surface area contributed by atoms with Crippen LogP contribution in [0, 0.1) is 22.7 Å². The van der Waals surface area contributed by atoms with Crippen LogP contribution in [0.25, 0.3) is 22.3 Å². The van der Waals surface area contributed by atoms with Crippen molar-refractivity contribution < 1.29 is 9.63 Å². The number of rotatable bonds is 5. The van der Waals surface area contributed by atoms with Gasteiger partial charge in [0.15, 0.2) is 5.65 Å². The summed E-state index contributed by atoms with van der Waals surface area (Å²) < 4.78 is 3.30. The van der Waals surface area contributed by atoms with Gasteiger partial charge < -0.3 is 4.84 Å². The maximum atomic E-state index is 12.3. The second-order valence-corrected chi connectivity index (χ2v) is 8.91. The van der Waals surface area contributed by atoms with E-state index >= 15 is 0 Å². The van der Waals surface area contributed by atoms with Crippen molar-refractivity contribution in [2.24, 2.45) is 11.3 Å². The summed E-state index contributed by atoms with van der Waals surface area (Å²) in [4.78, 5) is 26.5. The number of hydrogen-bond acceptors (Lipinski definition) is 6. The first-order valence-corrected chi connectivity index (χ1v) is 10.3. The zero-order valence-electron chi connectivity index (χ0n) is 17.6. The highest BCUT2D eigenvalue weighted by molar-refractivity contribution is 5.90. The van der Waals surface area contributed by atoms with Crippen molar-refractivity contribution in [2.45, 2.75) is 58.9 Å². The molecule has 30 heavy (non-hydrogen) atoms. The molecule has 0 aliphatic heterocycles. The molecule has 0 radical (unpaired) electrons. The molecule has 3 heterocycles. The van der Waals surface area contributed by atoms with E-state index in [0.29, 0.717) is 18.0 Å². The first-order chi connectivity index (χ1) is 14.4. The molecule has 1 saturated carbocycles. The highest BCUT2D eigenvalue weighted by Gasteiger charge is 2.28. The lowest BCUT2D eigenvalue weighted by Gasteiger charge is -2.21. The van der Waals surface area contributed by atoms with Gasteiger partial charge in [0.05, 0.1) is 35.8 Å². The van der Waals surface area contributed by atoms with Crippen LogP contribution in [0.2, 0.25) is 0 Å². The van der Waals surface area contributed by atoms with Gasteiger partial charge in [-0.3, -0.25) is 4.68 Å². The minimum Gasteiger partial charge on any atom is -0.334 e. The highest BCUT2D eigenvalue weighted by Crippen LogP contribution is 2.36. The molecule has 4 rings (SSSR count). The van der Waals surface area contributed by atoms with Gasteiger partial charge in [0.2, 0.25) is 0 Å². The van der Waals surface area contributed by atoms with E-state index in [0.717, 1.165) is 29.5 Å². The lowest BCUT2D eigenvalue weighted by molar-refractivity contribution is -0.152. The molecule has 0 aromatic carbocycles. The Labute approximate surface area is 175 Å². The van der Waals surface area contributed by atoms with Crippen molar-refractivity contribution in [2.75, 3.05) is 0 Å². The van der Waals surface area contributed by atoms with E-state index in [1.807, 2.05) is 16.9 Å². The van der Waals surface area contributed by atoms with Crippen molar-refractivity contribution in [3.05, 3.63) is 31.0 Å². The first-order valence-electron chi connectivity index (χ1n) is 10.3. The molecule has 8 nitrogen and oxygen atoms in total. The van der Waals surface area contributed by atoms with Crippen LogP contribution in [0.5, 0.6) is 0 Å². The topological polar surface area (TPSA) is 98.6 Å². The summed E-state index contributed by atoms with van der Waals surface area (Å²) in [7, 11) is 0. The Morgan fingerprint density at radius 3 is 2.80 bits per heavy atom. The first kappa shape index (κ1) is 20.1. The molecule has 3 aromatic rings. The van der Waals surface area contributed by atoms with Crippen molar-refractivity contribution in [1.82, 2.24) is 24.5 Å². The Balaban J connectivity index is 1.66. The molecule has 156 valence electrons. The van der Waals surface area contributed by atoms with Crippen LogP contribution in [0.15, 0.2) is 31.0 Å². The number of hydrogen-bond donors (Lipinski definition) is 0. The molecular formula is C22H26N6O2. The standard InChI is InChI=1S/C22H26N6O2/c1-22(2,3)21(29)30-28-11-9-17-19(24-14-25-20(17)28)16-12-26-27(13-16)18(8-10-23)15-6-4-5-7-15/h9,11-15,18H,4-8H2,1-3H3/t18-/m1/s1. The summed E-state index contributed by atoms with van der Waals surface area (Å²) in [5.74, 6) is 0.143. The SMILES string of the molecule is CC(C)(C)C(=O)On1ccc2c(-c3cnn([C@H](CC#N)C4CCCC4)c3)ncnc21.